The molecule has 0 atom stereocenters. The molecule has 0 fully saturated rings. The van der Waals surface area contributed by atoms with E-state index in [1.807, 2.05) is 7.05 Å². The van der Waals surface area contributed by atoms with Crippen LogP contribution in [-0.4, -0.2) is 12.0 Å². The van der Waals surface area contributed by atoms with Crippen LogP contribution in [0.2, 0.25) is 0 Å². The van der Waals surface area contributed by atoms with Crippen molar-refractivity contribution in [1.82, 2.24) is 4.98 Å². The Morgan fingerprint density at radius 3 is 2.75 bits per heavy atom. The molecule has 0 aliphatic heterocycles. The topological polar surface area (TPSA) is 24.9 Å². The zero-order valence-corrected chi connectivity index (χ0v) is 10.6. The highest BCUT2D eigenvalue weighted by molar-refractivity contribution is 7.10. The second-order valence-corrected chi connectivity index (χ2v) is 4.95. The molecular weight excluding hydrogens is 216 g/mol. The van der Waals surface area contributed by atoms with E-state index in [-0.39, 0.29) is 0 Å². The largest absolute Gasteiger partial charge is 0.388 e. The first-order chi connectivity index (χ1) is 7.70. The summed E-state index contributed by atoms with van der Waals surface area (Å²) < 4.78 is 0. The number of rotatable bonds is 3. The van der Waals surface area contributed by atoms with Gasteiger partial charge in [0, 0.05) is 29.6 Å². The molecule has 0 spiro atoms. The monoisotopic (exact) mass is 232 g/mol. The number of aromatic nitrogens is 1. The highest BCUT2D eigenvalue weighted by Gasteiger charge is 2.07. The lowest BCUT2D eigenvalue weighted by molar-refractivity contribution is 0.853. The van der Waals surface area contributed by atoms with Gasteiger partial charge >= 0.3 is 0 Å². The van der Waals surface area contributed by atoms with Crippen molar-refractivity contribution < 1.29 is 0 Å². The van der Waals surface area contributed by atoms with E-state index in [0.717, 1.165) is 11.4 Å². The van der Waals surface area contributed by atoms with E-state index in [0.29, 0.717) is 5.92 Å². The molecule has 0 saturated heterocycles. The molecule has 84 valence electrons. The van der Waals surface area contributed by atoms with Gasteiger partial charge in [-0.3, -0.25) is 0 Å². The zero-order chi connectivity index (χ0) is 11.5. The Kier molecular flexibility index (Phi) is 3.25. The Hall–Kier alpha value is -1.35. The predicted octanol–water partition coefficient (Wildman–Crippen LogP) is 3.98. The molecule has 1 N–H and O–H groups in total. The zero-order valence-electron chi connectivity index (χ0n) is 9.82. The summed E-state index contributed by atoms with van der Waals surface area (Å²) >= 11 is 1.73. The van der Waals surface area contributed by atoms with Crippen molar-refractivity contribution >= 4 is 17.0 Å². The first kappa shape index (κ1) is 11.1. The van der Waals surface area contributed by atoms with Gasteiger partial charge in [0.1, 0.15) is 0 Å². The number of hydrogen-bond donors (Lipinski definition) is 1. The Labute approximate surface area is 100 Å². The minimum Gasteiger partial charge on any atom is -0.388 e. The maximum atomic E-state index is 4.65. The Bertz CT molecular complexity index is 474. The fourth-order valence-corrected chi connectivity index (χ4v) is 2.36. The van der Waals surface area contributed by atoms with Gasteiger partial charge in [-0.25, -0.2) is 4.98 Å². The summed E-state index contributed by atoms with van der Waals surface area (Å²) in [7, 11) is 1.93. The van der Waals surface area contributed by atoms with E-state index in [4.69, 9.17) is 0 Å². The summed E-state index contributed by atoms with van der Waals surface area (Å²) in [6.45, 7) is 4.35. The lowest BCUT2D eigenvalue weighted by Gasteiger charge is -2.02. The molecule has 0 aliphatic rings. The van der Waals surface area contributed by atoms with E-state index < -0.39 is 0 Å². The number of benzene rings is 1. The minimum absolute atomic E-state index is 0.506. The van der Waals surface area contributed by atoms with Crippen LogP contribution in [0.4, 0.5) is 5.69 Å². The van der Waals surface area contributed by atoms with Gasteiger partial charge in [-0.05, 0) is 12.1 Å². The molecule has 1 aromatic carbocycles. The number of nitrogens with zero attached hydrogens (tertiary/aromatic N) is 1. The second kappa shape index (κ2) is 4.66. The second-order valence-electron chi connectivity index (χ2n) is 4.06. The van der Waals surface area contributed by atoms with E-state index in [1.165, 1.54) is 10.6 Å². The molecule has 2 rings (SSSR count). The maximum Gasteiger partial charge on any atom is 0.0958 e. The van der Waals surface area contributed by atoms with Crippen molar-refractivity contribution in [3.05, 3.63) is 34.7 Å². The highest BCUT2D eigenvalue weighted by Crippen LogP contribution is 2.27. The molecule has 1 aromatic heterocycles. The third-order valence-electron chi connectivity index (χ3n) is 2.46. The third kappa shape index (κ3) is 2.25. The van der Waals surface area contributed by atoms with Crippen LogP contribution >= 0.6 is 11.3 Å². The van der Waals surface area contributed by atoms with Crippen LogP contribution in [0.1, 0.15) is 24.8 Å². The number of thiazole rings is 1. The molecule has 1 heterocycles. The fraction of sp³-hybridized carbons (Fsp3) is 0.308. The van der Waals surface area contributed by atoms with Crippen LogP contribution in [0.15, 0.2) is 29.6 Å². The average molecular weight is 232 g/mol. The van der Waals surface area contributed by atoms with Crippen molar-refractivity contribution in [3.8, 4) is 11.3 Å². The van der Waals surface area contributed by atoms with Crippen LogP contribution in [0.3, 0.4) is 0 Å². The summed E-state index contributed by atoms with van der Waals surface area (Å²) in [4.78, 5) is 4.65. The smallest absolute Gasteiger partial charge is 0.0958 e. The standard InChI is InChI=1S/C13H16N2S/c1-9(2)13-15-12(8-16-13)10-5-4-6-11(7-10)14-3/h4-9,14H,1-3H3. The third-order valence-corrected chi connectivity index (χ3v) is 3.61. The molecule has 16 heavy (non-hydrogen) atoms. The van der Waals surface area contributed by atoms with Crippen LogP contribution < -0.4 is 5.32 Å². The molecule has 0 saturated carbocycles. The summed E-state index contributed by atoms with van der Waals surface area (Å²) in [6.07, 6.45) is 0. The van der Waals surface area contributed by atoms with Crippen LogP contribution in [0.5, 0.6) is 0 Å². The molecule has 0 unspecified atom stereocenters. The Morgan fingerprint density at radius 1 is 1.31 bits per heavy atom. The van der Waals surface area contributed by atoms with Gasteiger partial charge in [-0.1, -0.05) is 26.0 Å². The summed E-state index contributed by atoms with van der Waals surface area (Å²) in [6, 6.07) is 8.33. The van der Waals surface area contributed by atoms with E-state index in [1.54, 1.807) is 11.3 Å². The van der Waals surface area contributed by atoms with Crippen LogP contribution in [0, 0.1) is 0 Å². The number of nitrogens with one attached hydrogen (secondary N) is 1. The number of anilines is 1. The van der Waals surface area contributed by atoms with Gasteiger partial charge in [0.25, 0.3) is 0 Å². The lowest BCUT2D eigenvalue weighted by Crippen LogP contribution is -1.89. The summed E-state index contributed by atoms with van der Waals surface area (Å²) in [5.41, 5.74) is 3.37. The molecule has 0 amide bonds. The maximum absolute atomic E-state index is 4.65. The van der Waals surface area contributed by atoms with E-state index in [2.05, 4.69) is 53.8 Å². The predicted molar refractivity (Wildman–Crippen MR) is 71.2 cm³/mol. The van der Waals surface area contributed by atoms with Crippen molar-refractivity contribution in [2.45, 2.75) is 19.8 Å². The van der Waals surface area contributed by atoms with Crippen molar-refractivity contribution in [2.24, 2.45) is 0 Å². The molecule has 2 aromatic rings. The molecular formula is C13H16N2S. The van der Waals surface area contributed by atoms with Gasteiger partial charge in [-0.2, -0.15) is 0 Å². The molecule has 0 radical (unpaired) electrons. The first-order valence-electron chi connectivity index (χ1n) is 5.44. The normalized spacial score (nSPS) is 10.8. The van der Waals surface area contributed by atoms with Crippen molar-refractivity contribution in [2.75, 3.05) is 12.4 Å². The minimum atomic E-state index is 0.506. The Balaban J connectivity index is 2.34. The van der Waals surface area contributed by atoms with Gasteiger partial charge in [0.05, 0.1) is 10.7 Å². The first-order valence-corrected chi connectivity index (χ1v) is 6.32. The summed E-state index contributed by atoms with van der Waals surface area (Å²) in [5.74, 6) is 0.506. The van der Waals surface area contributed by atoms with Crippen LogP contribution in [0.25, 0.3) is 11.3 Å². The molecule has 0 aliphatic carbocycles. The molecule has 3 heteroatoms. The van der Waals surface area contributed by atoms with Gasteiger partial charge in [0.15, 0.2) is 0 Å². The van der Waals surface area contributed by atoms with E-state index >= 15 is 0 Å². The fourth-order valence-electron chi connectivity index (χ4n) is 1.52. The lowest BCUT2D eigenvalue weighted by atomic mass is 10.1. The van der Waals surface area contributed by atoms with Gasteiger partial charge in [0.2, 0.25) is 0 Å². The van der Waals surface area contributed by atoms with Crippen molar-refractivity contribution in [1.29, 1.82) is 0 Å². The SMILES string of the molecule is CNc1cccc(-c2csc(C(C)C)n2)c1. The highest BCUT2D eigenvalue weighted by atomic mass is 32.1. The number of hydrogen-bond acceptors (Lipinski definition) is 3. The van der Waals surface area contributed by atoms with Gasteiger partial charge in [-0.15, -0.1) is 11.3 Å². The van der Waals surface area contributed by atoms with Crippen molar-refractivity contribution in [3.63, 3.8) is 0 Å². The summed E-state index contributed by atoms with van der Waals surface area (Å²) in [5, 5.41) is 6.47. The van der Waals surface area contributed by atoms with Gasteiger partial charge < -0.3 is 5.32 Å². The molecule has 0 bridgehead atoms. The quantitative estimate of drug-likeness (QED) is 0.866. The average Bonchev–Trinajstić information content (AvgIpc) is 2.78. The van der Waals surface area contributed by atoms with Crippen LogP contribution in [-0.2, 0) is 0 Å². The molecule has 2 nitrogen and oxygen atoms in total. The van der Waals surface area contributed by atoms with E-state index in [9.17, 15) is 0 Å². The Morgan fingerprint density at radius 2 is 2.12 bits per heavy atom.